The standard InChI is InChI=1S/C38H63N11O10/c1-21(2)17-26(46-32(53)24(13-8-9-15-39)44-29(50)20-40)33(54)47-27(18-23-11-6-5-7-12-23)35(56)49-31(22(3)4)36(57)48-28(19-30(51)52)34(55)45-25(37(58)59)14-10-16-43-38(41)42/h5-7,11-12,21-22,24-28,31H,8-10,13-20,39-40H2,1-4H3,(H,44,50)(H,45,55)(H,46,53)(H,47,54)(H,48,57)(H,49,56)(H,51,52)(H,58,59)(H4,41,42,43)/t24-,25-,26-,27-,28-,31-/m0/s1. The van der Waals surface area contributed by atoms with E-state index < -0.39 is 96.0 Å². The second kappa shape index (κ2) is 27.0. The summed E-state index contributed by atoms with van der Waals surface area (Å²) < 4.78 is 0. The van der Waals surface area contributed by atoms with Gasteiger partial charge in [-0.3, -0.25) is 38.6 Å². The van der Waals surface area contributed by atoms with Gasteiger partial charge >= 0.3 is 11.9 Å². The van der Waals surface area contributed by atoms with Gasteiger partial charge < -0.3 is 65.0 Å². The molecule has 0 bridgehead atoms. The molecule has 0 heterocycles. The predicted octanol–water partition coefficient (Wildman–Crippen LogP) is -2.46. The van der Waals surface area contributed by atoms with Crippen LogP contribution < -0.4 is 54.8 Å². The molecule has 6 amide bonds. The summed E-state index contributed by atoms with van der Waals surface area (Å²) in [5, 5.41) is 34.3. The molecular weight excluding hydrogens is 770 g/mol. The third kappa shape index (κ3) is 20.4. The number of nitrogens with one attached hydrogen (secondary N) is 6. The number of rotatable bonds is 28. The van der Waals surface area contributed by atoms with Gasteiger partial charge in [0.15, 0.2) is 5.96 Å². The van der Waals surface area contributed by atoms with E-state index in [4.69, 9.17) is 22.9 Å². The Kier molecular flexibility index (Phi) is 23.4. The molecule has 21 nitrogen and oxygen atoms in total. The fourth-order valence-electron chi connectivity index (χ4n) is 5.79. The van der Waals surface area contributed by atoms with Crippen molar-refractivity contribution < 1.29 is 48.6 Å². The zero-order valence-electron chi connectivity index (χ0n) is 34.2. The van der Waals surface area contributed by atoms with Gasteiger partial charge in [0.25, 0.3) is 0 Å². The second-order valence-corrected chi connectivity index (χ2v) is 14.8. The summed E-state index contributed by atoms with van der Waals surface area (Å²) in [4.78, 5) is 108. The number of nitrogens with zero attached hydrogens (tertiary/aromatic N) is 1. The first-order valence-corrected chi connectivity index (χ1v) is 19.5. The zero-order chi connectivity index (χ0) is 44.7. The van der Waals surface area contributed by atoms with Gasteiger partial charge in [-0.05, 0) is 62.5 Å². The van der Waals surface area contributed by atoms with E-state index in [-0.39, 0.29) is 57.1 Å². The third-order valence-corrected chi connectivity index (χ3v) is 8.86. The Labute approximate surface area is 344 Å². The molecule has 0 saturated heterocycles. The van der Waals surface area contributed by atoms with E-state index in [1.165, 1.54) is 0 Å². The Bertz CT molecular complexity index is 1590. The summed E-state index contributed by atoms with van der Waals surface area (Å²) in [5.74, 6) is -8.64. The van der Waals surface area contributed by atoms with Crippen LogP contribution in [0.1, 0.15) is 78.2 Å². The number of amides is 6. The summed E-state index contributed by atoms with van der Waals surface area (Å²) in [5.41, 5.74) is 22.3. The molecule has 0 aliphatic carbocycles. The van der Waals surface area contributed by atoms with Gasteiger partial charge in [-0.15, -0.1) is 0 Å². The van der Waals surface area contributed by atoms with Crippen LogP contribution in [0.5, 0.6) is 0 Å². The number of hydrogen-bond donors (Lipinski definition) is 12. The molecule has 0 radical (unpaired) electrons. The number of aliphatic carboxylic acids is 2. The minimum Gasteiger partial charge on any atom is -0.481 e. The first-order valence-electron chi connectivity index (χ1n) is 19.5. The van der Waals surface area contributed by atoms with Gasteiger partial charge in [-0.25, -0.2) is 4.79 Å². The van der Waals surface area contributed by atoms with Crippen LogP contribution in [-0.4, -0.2) is 119 Å². The maximum Gasteiger partial charge on any atom is 0.326 e. The molecule has 59 heavy (non-hydrogen) atoms. The first-order chi connectivity index (χ1) is 27.8. The van der Waals surface area contributed by atoms with Crippen LogP contribution in [0.25, 0.3) is 0 Å². The van der Waals surface area contributed by atoms with Crippen molar-refractivity contribution in [2.45, 2.75) is 115 Å². The number of carbonyl (C=O) groups excluding carboxylic acids is 6. The second-order valence-electron chi connectivity index (χ2n) is 14.8. The lowest BCUT2D eigenvalue weighted by molar-refractivity contribution is -0.144. The summed E-state index contributed by atoms with van der Waals surface area (Å²) in [6.07, 6.45) is 0.551. The molecule has 0 spiro atoms. The van der Waals surface area contributed by atoms with Crippen LogP contribution in [0.3, 0.4) is 0 Å². The summed E-state index contributed by atoms with van der Waals surface area (Å²) in [7, 11) is 0. The van der Waals surface area contributed by atoms with Crippen molar-refractivity contribution in [2.24, 2.45) is 39.8 Å². The number of nitrogens with two attached hydrogens (primary N) is 4. The van der Waals surface area contributed by atoms with E-state index >= 15 is 0 Å². The molecule has 0 aliphatic rings. The molecule has 0 fully saturated rings. The highest BCUT2D eigenvalue weighted by atomic mass is 16.4. The van der Waals surface area contributed by atoms with E-state index in [1.54, 1.807) is 44.2 Å². The highest BCUT2D eigenvalue weighted by Gasteiger charge is 2.35. The highest BCUT2D eigenvalue weighted by Crippen LogP contribution is 2.12. The molecular formula is C38H63N11O10. The average molecular weight is 834 g/mol. The number of carbonyl (C=O) groups is 8. The van der Waals surface area contributed by atoms with Crippen molar-refractivity contribution in [1.82, 2.24) is 31.9 Å². The van der Waals surface area contributed by atoms with Crippen molar-refractivity contribution in [3.05, 3.63) is 35.9 Å². The molecule has 330 valence electrons. The molecule has 0 saturated carbocycles. The maximum atomic E-state index is 14.0. The number of hydrogen-bond acceptors (Lipinski definition) is 11. The maximum absolute atomic E-state index is 14.0. The van der Waals surface area contributed by atoms with Gasteiger partial charge in [0.1, 0.15) is 36.3 Å². The number of unbranched alkanes of at least 4 members (excludes halogenated alkanes) is 1. The summed E-state index contributed by atoms with van der Waals surface area (Å²) >= 11 is 0. The Morgan fingerprint density at radius 3 is 1.73 bits per heavy atom. The zero-order valence-corrected chi connectivity index (χ0v) is 34.2. The molecule has 0 aliphatic heterocycles. The van der Waals surface area contributed by atoms with Crippen LogP contribution in [0, 0.1) is 11.8 Å². The van der Waals surface area contributed by atoms with Crippen LogP contribution in [-0.2, 0) is 44.8 Å². The fraction of sp³-hybridized carbons (Fsp3) is 0.605. The van der Waals surface area contributed by atoms with Crippen LogP contribution in [0.15, 0.2) is 35.3 Å². The summed E-state index contributed by atoms with van der Waals surface area (Å²) in [6.45, 7) is 6.91. The van der Waals surface area contributed by atoms with Crippen molar-refractivity contribution in [2.75, 3.05) is 19.6 Å². The molecule has 6 atom stereocenters. The van der Waals surface area contributed by atoms with Gasteiger partial charge in [0, 0.05) is 13.0 Å². The normalized spacial score (nSPS) is 14.0. The highest BCUT2D eigenvalue weighted by molar-refractivity contribution is 5.97. The topological polar surface area (TPSA) is 366 Å². The van der Waals surface area contributed by atoms with E-state index in [1.807, 2.05) is 13.8 Å². The largest absolute Gasteiger partial charge is 0.481 e. The lowest BCUT2D eigenvalue weighted by Gasteiger charge is -2.29. The van der Waals surface area contributed by atoms with Crippen LogP contribution in [0.4, 0.5) is 0 Å². The van der Waals surface area contributed by atoms with Gasteiger partial charge in [0.05, 0.1) is 13.0 Å². The minimum absolute atomic E-state index is 0.0503. The SMILES string of the molecule is CC(C)C[C@H](NC(=O)[C@H](CCCCN)NC(=O)CN)C(=O)N[C@@H](Cc1ccccc1)C(=O)N[C@H](C(=O)N[C@@H](CC(=O)O)C(=O)N[C@@H](CCCN=C(N)N)C(=O)O)C(C)C. The van der Waals surface area contributed by atoms with Crippen LogP contribution in [0.2, 0.25) is 0 Å². The molecule has 1 rings (SSSR count). The Hall–Kier alpha value is -5.83. The fourth-order valence-corrected chi connectivity index (χ4v) is 5.79. The molecule has 0 aromatic heterocycles. The quantitative estimate of drug-likeness (QED) is 0.0237. The molecule has 16 N–H and O–H groups in total. The number of benzene rings is 1. The Balaban J connectivity index is 3.37. The van der Waals surface area contributed by atoms with E-state index in [9.17, 15) is 48.6 Å². The molecule has 1 aromatic rings. The third-order valence-electron chi connectivity index (χ3n) is 8.86. The van der Waals surface area contributed by atoms with E-state index in [0.29, 0.717) is 24.9 Å². The Morgan fingerprint density at radius 1 is 0.644 bits per heavy atom. The van der Waals surface area contributed by atoms with Gasteiger partial charge in [-0.2, -0.15) is 0 Å². The molecule has 21 heteroatoms. The van der Waals surface area contributed by atoms with Crippen molar-refractivity contribution >= 4 is 53.3 Å². The van der Waals surface area contributed by atoms with Crippen molar-refractivity contribution in [3.63, 3.8) is 0 Å². The van der Waals surface area contributed by atoms with E-state index in [0.717, 1.165) is 0 Å². The number of carboxylic acid groups (broad SMARTS) is 2. The van der Waals surface area contributed by atoms with E-state index in [2.05, 4.69) is 36.9 Å². The number of guanidine groups is 1. The lowest BCUT2D eigenvalue weighted by atomic mass is 9.99. The van der Waals surface area contributed by atoms with Crippen molar-refractivity contribution in [1.29, 1.82) is 0 Å². The van der Waals surface area contributed by atoms with Crippen molar-refractivity contribution in [3.8, 4) is 0 Å². The number of carboxylic acids is 2. The van der Waals surface area contributed by atoms with Crippen LogP contribution >= 0.6 is 0 Å². The average Bonchev–Trinajstić information content (AvgIpc) is 3.16. The Morgan fingerprint density at radius 2 is 1.19 bits per heavy atom. The first kappa shape index (κ1) is 51.2. The molecule has 0 unspecified atom stereocenters. The summed E-state index contributed by atoms with van der Waals surface area (Å²) in [6, 6.07) is 0.601. The van der Waals surface area contributed by atoms with Gasteiger partial charge in [0.2, 0.25) is 35.4 Å². The monoisotopic (exact) mass is 833 g/mol. The van der Waals surface area contributed by atoms with Gasteiger partial charge in [-0.1, -0.05) is 58.0 Å². The predicted molar refractivity (Wildman–Crippen MR) is 218 cm³/mol. The lowest BCUT2D eigenvalue weighted by Crippen LogP contribution is -2.61. The minimum atomic E-state index is -1.74. The number of aliphatic imine (C=N–C) groups is 1. The smallest absolute Gasteiger partial charge is 0.326 e. The molecule has 1 aromatic carbocycles.